The van der Waals surface area contributed by atoms with E-state index in [0.717, 1.165) is 38.5 Å². The normalized spacial score (nSPS) is 12.1. The first-order valence-corrected chi connectivity index (χ1v) is 13.1. The average molecular weight is 490 g/mol. The maximum atomic E-state index is 12.0. The molecule has 0 amide bonds. The Labute approximate surface area is 232 Å². The SMILES string of the molecule is CCCCCCCCCOC(=O)CC(C(=O)OCCCCCCCCC)S(=O)(=O)O.[K]. The molecule has 0 bridgehead atoms. The van der Waals surface area contributed by atoms with E-state index in [0.29, 0.717) is 12.8 Å². The maximum absolute atomic E-state index is 12.0. The van der Waals surface area contributed by atoms with Crippen molar-refractivity contribution in [2.75, 3.05) is 13.2 Å². The Morgan fingerprint density at radius 3 is 1.52 bits per heavy atom. The fraction of sp³-hybridized carbons (Fsp3) is 0.909. The quantitative estimate of drug-likeness (QED) is 0.113. The summed E-state index contributed by atoms with van der Waals surface area (Å²) >= 11 is 0. The number of carbonyl (C=O) groups is 2. The van der Waals surface area contributed by atoms with Crippen molar-refractivity contribution < 1.29 is 32.0 Å². The van der Waals surface area contributed by atoms with Crippen LogP contribution < -0.4 is 0 Å². The van der Waals surface area contributed by atoms with E-state index in [9.17, 15) is 22.6 Å². The second kappa shape index (κ2) is 22.3. The second-order valence-corrected chi connectivity index (χ2v) is 9.44. The van der Waals surface area contributed by atoms with Crippen LogP contribution in [0.2, 0.25) is 0 Å². The van der Waals surface area contributed by atoms with E-state index in [1.807, 2.05) is 0 Å². The largest absolute Gasteiger partial charge is 0.466 e. The van der Waals surface area contributed by atoms with Gasteiger partial charge < -0.3 is 9.47 Å². The fourth-order valence-electron chi connectivity index (χ4n) is 3.09. The monoisotopic (exact) mass is 489 g/mol. The molecule has 9 heteroatoms. The van der Waals surface area contributed by atoms with E-state index in [1.54, 1.807) is 0 Å². The molecule has 179 valence electrons. The van der Waals surface area contributed by atoms with Crippen LogP contribution in [0.5, 0.6) is 0 Å². The first-order chi connectivity index (χ1) is 14.3. The third-order valence-electron chi connectivity index (χ3n) is 4.98. The van der Waals surface area contributed by atoms with Gasteiger partial charge in [0, 0.05) is 51.4 Å². The van der Waals surface area contributed by atoms with Gasteiger partial charge in [0.25, 0.3) is 10.1 Å². The van der Waals surface area contributed by atoms with E-state index in [1.165, 1.54) is 38.5 Å². The van der Waals surface area contributed by atoms with Gasteiger partial charge in [-0.15, -0.1) is 0 Å². The minimum Gasteiger partial charge on any atom is -0.466 e. The van der Waals surface area contributed by atoms with Crippen molar-refractivity contribution in [2.45, 2.75) is 115 Å². The van der Waals surface area contributed by atoms with Gasteiger partial charge >= 0.3 is 11.9 Å². The van der Waals surface area contributed by atoms with E-state index < -0.39 is 33.7 Å². The third kappa shape index (κ3) is 20.8. The molecule has 0 spiro atoms. The first-order valence-electron chi connectivity index (χ1n) is 11.6. The Morgan fingerprint density at radius 2 is 1.10 bits per heavy atom. The van der Waals surface area contributed by atoms with Crippen LogP contribution in [-0.2, 0) is 29.2 Å². The zero-order chi connectivity index (χ0) is 22.7. The molecule has 1 N–H and O–H groups in total. The van der Waals surface area contributed by atoms with Crippen molar-refractivity contribution in [3.05, 3.63) is 0 Å². The summed E-state index contributed by atoms with van der Waals surface area (Å²) in [5, 5.41) is -1.93. The third-order valence-corrected chi connectivity index (χ3v) is 6.06. The number of ether oxygens (including phenoxy) is 2. The maximum Gasteiger partial charge on any atom is 0.327 e. The molecule has 0 heterocycles. The van der Waals surface area contributed by atoms with E-state index in [2.05, 4.69) is 13.8 Å². The molecular formula is C22H42KO7S. The molecule has 31 heavy (non-hydrogen) atoms. The van der Waals surface area contributed by atoms with Gasteiger partial charge in [-0.3, -0.25) is 14.1 Å². The van der Waals surface area contributed by atoms with Crippen molar-refractivity contribution in [2.24, 2.45) is 0 Å². The summed E-state index contributed by atoms with van der Waals surface area (Å²) < 4.78 is 42.3. The van der Waals surface area contributed by atoms with Crippen molar-refractivity contribution in [1.29, 1.82) is 0 Å². The summed E-state index contributed by atoms with van der Waals surface area (Å²) in [6.07, 6.45) is 14.0. The molecule has 1 radical (unpaired) electrons. The Kier molecular flexibility index (Phi) is 24.2. The minimum absolute atomic E-state index is 0. The molecule has 0 fully saturated rings. The van der Waals surface area contributed by atoms with Crippen molar-refractivity contribution in [3.63, 3.8) is 0 Å². The second-order valence-electron chi connectivity index (χ2n) is 7.84. The van der Waals surface area contributed by atoms with Gasteiger partial charge in [0.2, 0.25) is 0 Å². The molecule has 1 atom stereocenters. The van der Waals surface area contributed by atoms with Crippen molar-refractivity contribution >= 4 is 73.4 Å². The Hall–Kier alpha value is 0.486. The van der Waals surface area contributed by atoms with Gasteiger partial charge in [-0.25, -0.2) is 0 Å². The van der Waals surface area contributed by atoms with Gasteiger partial charge in [0.1, 0.15) is 0 Å². The standard InChI is InChI=1S/C22H42O7S.K/c1-3-5-7-9-11-13-15-17-28-21(23)19-20(30(25,26)27)22(24)29-18-16-14-12-10-8-6-4-2;/h20H,3-19H2,1-2H3,(H,25,26,27);. The van der Waals surface area contributed by atoms with Gasteiger partial charge in [-0.1, -0.05) is 90.9 Å². The summed E-state index contributed by atoms with van der Waals surface area (Å²) in [5.41, 5.74) is 0. The van der Waals surface area contributed by atoms with Crippen molar-refractivity contribution in [3.8, 4) is 0 Å². The first kappa shape index (κ1) is 33.7. The molecule has 0 aliphatic carbocycles. The van der Waals surface area contributed by atoms with Crippen molar-refractivity contribution in [1.82, 2.24) is 0 Å². The predicted octanol–water partition coefficient (Wildman–Crippen LogP) is 4.84. The molecule has 0 aromatic carbocycles. The van der Waals surface area contributed by atoms with Crippen LogP contribution in [0.15, 0.2) is 0 Å². The fourth-order valence-corrected chi connectivity index (χ4v) is 3.75. The van der Waals surface area contributed by atoms with E-state index in [4.69, 9.17) is 9.47 Å². The zero-order valence-electron chi connectivity index (χ0n) is 19.9. The number of hydrogen-bond donors (Lipinski definition) is 1. The molecule has 0 aromatic rings. The Bertz CT molecular complexity index is 552. The van der Waals surface area contributed by atoms with Crippen LogP contribution in [0.1, 0.15) is 110 Å². The summed E-state index contributed by atoms with van der Waals surface area (Å²) in [7, 11) is -4.74. The average Bonchev–Trinajstić information content (AvgIpc) is 2.69. The summed E-state index contributed by atoms with van der Waals surface area (Å²) in [6, 6.07) is 0. The Balaban J connectivity index is 0. The molecular weight excluding hydrogens is 447 g/mol. The molecule has 0 rings (SSSR count). The molecule has 0 saturated carbocycles. The van der Waals surface area contributed by atoms with Crippen LogP contribution in [0.3, 0.4) is 0 Å². The van der Waals surface area contributed by atoms with Crippen LogP contribution in [-0.4, -0.2) is 94.8 Å². The number of rotatable bonds is 20. The van der Waals surface area contributed by atoms with E-state index >= 15 is 0 Å². The molecule has 1 unspecified atom stereocenters. The predicted molar refractivity (Wildman–Crippen MR) is 124 cm³/mol. The number of carbonyl (C=O) groups excluding carboxylic acids is 2. The van der Waals surface area contributed by atoms with E-state index in [-0.39, 0.29) is 64.6 Å². The van der Waals surface area contributed by atoms with Gasteiger partial charge in [0.05, 0.1) is 19.6 Å². The minimum atomic E-state index is -4.74. The van der Waals surface area contributed by atoms with Gasteiger partial charge in [-0.05, 0) is 12.8 Å². The molecule has 7 nitrogen and oxygen atoms in total. The summed E-state index contributed by atoms with van der Waals surface area (Å²) in [5.74, 6) is -1.92. The molecule has 0 aliphatic rings. The number of unbranched alkanes of at least 4 members (excludes halogenated alkanes) is 12. The van der Waals surface area contributed by atoms with Crippen LogP contribution >= 0.6 is 0 Å². The van der Waals surface area contributed by atoms with Crippen LogP contribution in [0.4, 0.5) is 0 Å². The summed E-state index contributed by atoms with van der Waals surface area (Å²) in [4.78, 5) is 23.9. The van der Waals surface area contributed by atoms with Crippen LogP contribution in [0.25, 0.3) is 0 Å². The number of hydrogen-bond acceptors (Lipinski definition) is 6. The Morgan fingerprint density at radius 1 is 0.710 bits per heavy atom. The number of esters is 2. The van der Waals surface area contributed by atoms with Gasteiger partial charge in [0.15, 0.2) is 5.25 Å². The topological polar surface area (TPSA) is 107 Å². The van der Waals surface area contributed by atoms with Crippen LogP contribution in [0, 0.1) is 0 Å². The smallest absolute Gasteiger partial charge is 0.327 e. The molecule has 0 aromatic heterocycles. The summed E-state index contributed by atoms with van der Waals surface area (Å²) in [6.45, 7) is 4.56. The zero-order valence-corrected chi connectivity index (χ0v) is 23.8. The molecule has 0 aliphatic heterocycles. The van der Waals surface area contributed by atoms with Gasteiger partial charge in [-0.2, -0.15) is 8.42 Å². The molecule has 0 saturated heterocycles.